The minimum absolute atomic E-state index is 0.0114. The van der Waals surface area contributed by atoms with Crippen molar-refractivity contribution >= 4 is 28.6 Å². The SMILES string of the molecule is CC(C)(CNC(=O)C1CCN(C(=O)c2cccc3ccccc23)CC1)C(=O)O. The van der Waals surface area contributed by atoms with Crippen LogP contribution in [0.3, 0.4) is 0 Å². The molecule has 0 aromatic heterocycles. The largest absolute Gasteiger partial charge is 0.481 e. The van der Waals surface area contributed by atoms with E-state index in [4.69, 9.17) is 5.11 Å². The summed E-state index contributed by atoms with van der Waals surface area (Å²) in [5.74, 6) is -1.28. The molecule has 0 aliphatic carbocycles. The highest BCUT2D eigenvalue weighted by Gasteiger charge is 2.31. The number of likely N-dealkylation sites (tertiary alicyclic amines) is 1. The third-order valence-electron chi connectivity index (χ3n) is 5.46. The van der Waals surface area contributed by atoms with Gasteiger partial charge in [-0.25, -0.2) is 0 Å². The standard InChI is InChI=1S/C22H26N2O4/c1-22(2,21(27)28)14-23-19(25)16-10-12-24(13-11-16)20(26)18-9-5-7-15-6-3-4-8-17(15)18/h3-9,16H,10-14H2,1-2H3,(H,23,25)(H,27,28). The number of hydrogen-bond acceptors (Lipinski definition) is 3. The van der Waals surface area contributed by atoms with Crippen LogP contribution in [0, 0.1) is 11.3 Å². The van der Waals surface area contributed by atoms with Crippen molar-refractivity contribution in [2.24, 2.45) is 11.3 Å². The first-order chi connectivity index (χ1) is 13.3. The van der Waals surface area contributed by atoms with Gasteiger partial charge in [-0.2, -0.15) is 0 Å². The summed E-state index contributed by atoms with van der Waals surface area (Å²) in [7, 11) is 0. The maximum atomic E-state index is 13.0. The van der Waals surface area contributed by atoms with E-state index in [0.29, 0.717) is 31.5 Å². The molecule has 6 nitrogen and oxygen atoms in total. The van der Waals surface area contributed by atoms with Crippen LogP contribution in [0.15, 0.2) is 42.5 Å². The predicted octanol–water partition coefficient (Wildman–Crippen LogP) is 2.92. The molecular weight excluding hydrogens is 356 g/mol. The first-order valence-corrected chi connectivity index (χ1v) is 9.58. The number of nitrogens with one attached hydrogen (secondary N) is 1. The van der Waals surface area contributed by atoms with Crippen molar-refractivity contribution in [3.05, 3.63) is 48.0 Å². The summed E-state index contributed by atoms with van der Waals surface area (Å²) in [6, 6.07) is 13.5. The topological polar surface area (TPSA) is 86.7 Å². The predicted molar refractivity (Wildman–Crippen MR) is 107 cm³/mol. The minimum Gasteiger partial charge on any atom is -0.481 e. The van der Waals surface area contributed by atoms with Gasteiger partial charge >= 0.3 is 5.97 Å². The van der Waals surface area contributed by atoms with E-state index >= 15 is 0 Å². The highest BCUT2D eigenvalue weighted by molar-refractivity contribution is 6.07. The molecule has 1 aliphatic heterocycles. The second-order valence-corrected chi connectivity index (χ2v) is 8.00. The van der Waals surface area contributed by atoms with Crippen molar-refractivity contribution < 1.29 is 19.5 Å². The second-order valence-electron chi connectivity index (χ2n) is 8.00. The third kappa shape index (κ3) is 4.16. The van der Waals surface area contributed by atoms with Crippen LogP contribution in [0.4, 0.5) is 0 Å². The number of piperidine rings is 1. The Hall–Kier alpha value is -2.89. The Balaban J connectivity index is 1.60. The molecule has 0 radical (unpaired) electrons. The minimum atomic E-state index is -0.999. The van der Waals surface area contributed by atoms with Gasteiger partial charge in [-0.1, -0.05) is 36.4 Å². The van der Waals surface area contributed by atoms with Crippen molar-refractivity contribution in [2.45, 2.75) is 26.7 Å². The first kappa shape index (κ1) is 19.9. The van der Waals surface area contributed by atoms with E-state index in [1.807, 2.05) is 42.5 Å². The lowest BCUT2D eigenvalue weighted by molar-refractivity contribution is -0.147. The summed E-state index contributed by atoms with van der Waals surface area (Å²) in [4.78, 5) is 38.3. The van der Waals surface area contributed by atoms with Crippen LogP contribution in [0.1, 0.15) is 37.0 Å². The zero-order valence-corrected chi connectivity index (χ0v) is 16.3. The highest BCUT2D eigenvalue weighted by atomic mass is 16.4. The molecule has 6 heteroatoms. The number of benzene rings is 2. The van der Waals surface area contributed by atoms with Crippen LogP contribution in [0.2, 0.25) is 0 Å². The average molecular weight is 382 g/mol. The lowest BCUT2D eigenvalue weighted by Gasteiger charge is -2.32. The molecule has 28 heavy (non-hydrogen) atoms. The van der Waals surface area contributed by atoms with Gasteiger partial charge in [0.15, 0.2) is 0 Å². The van der Waals surface area contributed by atoms with E-state index in [0.717, 1.165) is 10.8 Å². The molecule has 0 spiro atoms. The second kappa shape index (κ2) is 8.00. The number of amides is 2. The molecule has 1 saturated heterocycles. The summed E-state index contributed by atoms with van der Waals surface area (Å²) in [5, 5.41) is 13.9. The van der Waals surface area contributed by atoms with Crippen molar-refractivity contribution in [2.75, 3.05) is 19.6 Å². The van der Waals surface area contributed by atoms with Gasteiger partial charge in [0.1, 0.15) is 0 Å². The van der Waals surface area contributed by atoms with Gasteiger partial charge in [-0.3, -0.25) is 14.4 Å². The lowest BCUT2D eigenvalue weighted by atomic mass is 9.92. The number of fused-ring (bicyclic) bond motifs is 1. The van der Waals surface area contributed by atoms with Crippen LogP contribution in [0.25, 0.3) is 10.8 Å². The van der Waals surface area contributed by atoms with E-state index in [9.17, 15) is 14.4 Å². The van der Waals surface area contributed by atoms with Gasteiger partial charge in [0.25, 0.3) is 5.91 Å². The Morgan fingerprint density at radius 3 is 2.39 bits per heavy atom. The van der Waals surface area contributed by atoms with E-state index in [1.54, 1.807) is 18.7 Å². The van der Waals surface area contributed by atoms with Gasteiger partial charge in [0.05, 0.1) is 5.41 Å². The van der Waals surface area contributed by atoms with Crippen molar-refractivity contribution in [3.8, 4) is 0 Å². The number of aliphatic carboxylic acids is 1. The molecule has 148 valence electrons. The molecule has 2 aromatic carbocycles. The maximum absolute atomic E-state index is 13.0. The summed E-state index contributed by atoms with van der Waals surface area (Å²) >= 11 is 0. The summed E-state index contributed by atoms with van der Waals surface area (Å²) in [6.45, 7) is 4.30. The van der Waals surface area contributed by atoms with Crippen LogP contribution < -0.4 is 5.32 Å². The van der Waals surface area contributed by atoms with Crippen LogP contribution in [0.5, 0.6) is 0 Å². The Labute approximate surface area is 164 Å². The zero-order chi connectivity index (χ0) is 20.3. The molecule has 1 fully saturated rings. The number of carbonyl (C=O) groups excluding carboxylic acids is 2. The smallest absolute Gasteiger partial charge is 0.310 e. The molecule has 2 aromatic rings. The van der Waals surface area contributed by atoms with Gasteiger partial charge in [-0.15, -0.1) is 0 Å². The molecule has 1 heterocycles. The van der Waals surface area contributed by atoms with Crippen LogP contribution >= 0.6 is 0 Å². The van der Waals surface area contributed by atoms with E-state index in [-0.39, 0.29) is 24.3 Å². The molecule has 2 N–H and O–H groups in total. The highest BCUT2D eigenvalue weighted by Crippen LogP contribution is 2.24. The summed E-state index contributed by atoms with van der Waals surface area (Å²) < 4.78 is 0. The molecule has 1 aliphatic rings. The van der Waals surface area contributed by atoms with Gasteiger partial charge < -0.3 is 15.3 Å². The average Bonchev–Trinajstić information content (AvgIpc) is 2.71. The fourth-order valence-corrected chi connectivity index (χ4v) is 3.46. The number of carbonyl (C=O) groups is 3. The van der Waals surface area contributed by atoms with Crippen molar-refractivity contribution in [1.29, 1.82) is 0 Å². The van der Waals surface area contributed by atoms with Crippen molar-refractivity contribution in [3.63, 3.8) is 0 Å². The quantitative estimate of drug-likeness (QED) is 0.832. The van der Waals surface area contributed by atoms with Crippen molar-refractivity contribution in [1.82, 2.24) is 10.2 Å². The van der Waals surface area contributed by atoms with Crippen LogP contribution in [-0.2, 0) is 9.59 Å². The Morgan fingerprint density at radius 2 is 1.71 bits per heavy atom. The van der Waals surface area contributed by atoms with Gasteiger partial charge in [0, 0.05) is 31.1 Å². The fraction of sp³-hybridized carbons (Fsp3) is 0.409. The summed E-state index contributed by atoms with van der Waals surface area (Å²) in [5.41, 5.74) is -0.315. The van der Waals surface area contributed by atoms with Crippen LogP contribution in [-0.4, -0.2) is 47.4 Å². The van der Waals surface area contributed by atoms with E-state index < -0.39 is 11.4 Å². The van der Waals surface area contributed by atoms with E-state index in [2.05, 4.69) is 5.32 Å². The number of nitrogens with zero attached hydrogens (tertiary/aromatic N) is 1. The monoisotopic (exact) mass is 382 g/mol. The Morgan fingerprint density at radius 1 is 1.07 bits per heavy atom. The number of carboxylic acid groups (broad SMARTS) is 1. The normalized spacial score (nSPS) is 15.4. The zero-order valence-electron chi connectivity index (χ0n) is 16.3. The molecule has 0 bridgehead atoms. The Bertz CT molecular complexity index is 893. The molecule has 0 unspecified atom stereocenters. The van der Waals surface area contributed by atoms with Gasteiger partial charge in [-0.05, 0) is 43.5 Å². The molecular formula is C22H26N2O4. The molecule has 0 atom stereocenters. The number of rotatable bonds is 5. The van der Waals surface area contributed by atoms with E-state index in [1.165, 1.54) is 0 Å². The lowest BCUT2D eigenvalue weighted by Crippen LogP contribution is -2.45. The Kier molecular flexibility index (Phi) is 5.68. The molecule has 2 amide bonds. The maximum Gasteiger partial charge on any atom is 0.310 e. The molecule has 0 saturated carbocycles. The first-order valence-electron chi connectivity index (χ1n) is 9.58. The number of hydrogen-bond donors (Lipinski definition) is 2. The summed E-state index contributed by atoms with van der Waals surface area (Å²) in [6.07, 6.45) is 1.16. The third-order valence-corrected chi connectivity index (χ3v) is 5.46. The molecule has 3 rings (SSSR count). The van der Waals surface area contributed by atoms with Gasteiger partial charge in [0.2, 0.25) is 5.91 Å². The fourth-order valence-electron chi connectivity index (χ4n) is 3.46. The number of carboxylic acids is 1.